The van der Waals surface area contributed by atoms with Gasteiger partial charge in [0.25, 0.3) is 0 Å². The second-order valence-corrected chi connectivity index (χ2v) is 4.93. The van der Waals surface area contributed by atoms with Crippen LogP contribution in [0.3, 0.4) is 0 Å². The molecule has 0 N–H and O–H groups in total. The van der Waals surface area contributed by atoms with Crippen molar-refractivity contribution < 1.29 is 14.3 Å². The second-order valence-electron chi connectivity index (χ2n) is 3.71. The molecule has 86 valence electrons. The summed E-state index contributed by atoms with van der Waals surface area (Å²) in [5.74, 6) is 0.544. The number of rotatable bonds is 3. The molecule has 0 saturated heterocycles. The lowest BCUT2D eigenvalue weighted by Gasteiger charge is -2.20. The monoisotopic (exact) mass is 231 g/mol. The molecule has 0 spiro atoms. The molecule has 1 heterocycles. The van der Waals surface area contributed by atoms with E-state index in [0.717, 1.165) is 5.75 Å². The Hall–Kier alpha value is -0.710. The van der Waals surface area contributed by atoms with Crippen molar-refractivity contribution >= 4 is 23.0 Å². The van der Waals surface area contributed by atoms with E-state index in [9.17, 15) is 4.79 Å². The van der Waals surface area contributed by atoms with E-state index >= 15 is 0 Å². The van der Waals surface area contributed by atoms with Gasteiger partial charge in [-0.15, -0.1) is 0 Å². The zero-order valence-electron chi connectivity index (χ0n) is 9.57. The first-order valence-corrected chi connectivity index (χ1v) is 6.05. The SMILES string of the molecule is CCOC(=O)C1OC(SCC)=NC1(C)C. The average Bonchev–Trinajstić information content (AvgIpc) is 2.42. The summed E-state index contributed by atoms with van der Waals surface area (Å²) in [5, 5.41) is 0.584. The topological polar surface area (TPSA) is 47.9 Å². The second kappa shape index (κ2) is 4.88. The predicted octanol–water partition coefficient (Wildman–Crippen LogP) is 1.84. The van der Waals surface area contributed by atoms with E-state index in [4.69, 9.17) is 9.47 Å². The van der Waals surface area contributed by atoms with E-state index in [1.165, 1.54) is 11.8 Å². The maximum absolute atomic E-state index is 11.6. The number of ether oxygens (including phenoxy) is 2. The van der Waals surface area contributed by atoms with E-state index in [0.29, 0.717) is 11.8 Å². The van der Waals surface area contributed by atoms with Gasteiger partial charge in [-0.2, -0.15) is 0 Å². The first-order valence-electron chi connectivity index (χ1n) is 5.07. The Kier molecular flexibility index (Phi) is 4.02. The minimum Gasteiger partial charge on any atom is -0.463 e. The van der Waals surface area contributed by atoms with Gasteiger partial charge in [-0.05, 0) is 26.5 Å². The smallest absolute Gasteiger partial charge is 0.349 e. The van der Waals surface area contributed by atoms with Gasteiger partial charge in [0, 0.05) is 0 Å². The minimum absolute atomic E-state index is 0.335. The van der Waals surface area contributed by atoms with Crippen molar-refractivity contribution in [2.75, 3.05) is 12.4 Å². The van der Waals surface area contributed by atoms with Crippen LogP contribution in [-0.4, -0.2) is 35.2 Å². The van der Waals surface area contributed by atoms with Gasteiger partial charge in [0.15, 0.2) is 0 Å². The highest BCUT2D eigenvalue weighted by molar-refractivity contribution is 8.13. The number of carbonyl (C=O) groups excluding carboxylic acids is 1. The van der Waals surface area contributed by atoms with Gasteiger partial charge in [0.05, 0.1) is 6.61 Å². The van der Waals surface area contributed by atoms with Crippen LogP contribution in [0.25, 0.3) is 0 Å². The van der Waals surface area contributed by atoms with Gasteiger partial charge in [-0.25, -0.2) is 9.79 Å². The Bertz CT molecular complexity index is 276. The summed E-state index contributed by atoms with van der Waals surface area (Å²) >= 11 is 1.50. The van der Waals surface area contributed by atoms with Crippen molar-refractivity contribution in [3.63, 3.8) is 0 Å². The number of nitrogens with zero attached hydrogens (tertiary/aromatic N) is 1. The van der Waals surface area contributed by atoms with Crippen LogP contribution in [0.1, 0.15) is 27.7 Å². The van der Waals surface area contributed by atoms with Crippen molar-refractivity contribution in [2.45, 2.75) is 39.3 Å². The fourth-order valence-corrected chi connectivity index (χ4v) is 2.02. The highest BCUT2D eigenvalue weighted by Crippen LogP contribution is 2.29. The van der Waals surface area contributed by atoms with Gasteiger partial charge in [0.1, 0.15) is 5.54 Å². The molecule has 1 aliphatic rings. The van der Waals surface area contributed by atoms with Crippen LogP contribution in [0, 0.1) is 0 Å². The first kappa shape index (κ1) is 12.4. The van der Waals surface area contributed by atoms with E-state index < -0.39 is 11.6 Å². The molecule has 5 heteroatoms. The zero-order valence-corrected chi connectivity index (χ0v) is 10.4. The predicted molar refractivity (Wildman–Crippen MR) is 61.2 cm³/mol. The summed E-state index contributed by atoms with van der Waals surface area (Å²) in [6, 6.07) is 0. The molecule has 0 radical (unpaired) electrons. The number of aliphatic imine (C=N–C) groups is 1. The Labute approximate surface area is 94.4 Å². The largest absolute Gasteiger partial charge is 0.463 e. The molecule has 15 heavy (non-hydrogen) atoms. The number of esters is 1. The number of hydrogen-bond donors (Lipinski definition) is 0. The zero-order chi connectivity index (χ0) is 11.5. The highest BCUT2D eigenvalue weighted by atomic mass is 32.2. The van der Waals surface area contributed by atoms with Crippen LogP contribution < -0.4 is 0 Å². The summed E-state index contributed by atoms with van der Waals surface area (Å²) < 4.78 is 10.4. The van der Waals surface area contributed by atoms with Gasteiger partial charge < -0.3 is 9.47 Å². The van der Waals surface area contributed by atoms with Gasteiger partial charge in [-0.1, -0.05) is 18.7 Å². The lowest BCUT2D eigenvalue weighted by atomic mass is 9.99. The molecule has 0 amide bonds. The molecule has 4 nitrogen and oxygen atoms in total. The molecule has 0 saturated carbocycles. The number of hydrogen-bond acceptors (Lipinski definition) is 5. The van der Waals surface area contributed by atoms with Gasteiger partial charge in [-0.3, -0.25) is 0 Å². The summed E-state index contributed by atoms with van der Waals surface area (Å²) in [6.45, 7) is 7.91. The lowest BCUT2D eigenvalue weighted by molar-refractivity contribution is -0.153. The molecule has 0 aliphatic carbocycles. The van der Waals surface area contributed by atoms with E-state index in [-0.39, 0.29) is 5.97 Å². The molecular formula is C10H17NO3S. The first-order chi connectivity index (χ1) is 7.01. The summed E-state index contributed by atoms with van der Waals surface area (Å²) in [7, 11) is 0. The van der Waals surface area contributed by atoms with Crippen molar-refractivity contribution in [2.24, 2.45) is 4.99 Å². The van der Waals surface area contributed by atoms with Crippen molar-refractivity contribution in [3.8, 4) is 0 Å². The minimum atomic E-state index is -0.605. The van der Waals surface area contributed by atoms with Crippen LogP contribution in [0.5, 0.6) is 0 Å². The van der Waals surface area contributed by atoms with Gasteiger partial charge in [0.2, 0.25) is 11.3 Å². The standard InChI is InChI=1S/C10H17NO3S/c1-5-13-8(12)7-10(3,4)11-9(14-7)15-6-2/h7H,5-6H2,1-4H3. The Balaban J connectivity index is 2.68. The van der Waals surface area contributed by atoms with Crippen LogP contribution in [0.4, 0.5) is 0 Å². The van der Waals surface area contributed by atoms with Crippen LogP contribution in [0.2, 0.25) is 0 Å². The molecule has 0 bridgehead atoms. The van der Waals surface area contributed by atoms with Crippen molar-refractivity contribution in [3.05, 3.63) is 0 Å². The Morgan fingerprint density at radius 1 is 1.60 bits per heavy atom. The summed E-state index contributed by atoms with van der Waals surface area (Å²) in [5.41, 5.74) is -0.524. The van der Waals surface area contributed by atoms with Crippen molar-refractivity contribution in [1.29, 1.82) is 0 Å². The number of thioether (sulfide) groups is 1. The summed E-state index contributed by atoms with van der Waals surface area (Å²) in [6.07, 6.45) is -0.605. The van der Waals surface area contributed by atoms with Crippen LogP contribution >= 0.6 is 11.8 Å². The lowest BCUT2D eigenvalue weighted by Crippen LogP contribution is -2.39. The van der Waals surface area contributed by atoms with E-state index in [2.05, 4.69) is 4.99 Å². The van der Waals surface area contributed by atoms with Crippen LogP contribution in [0.15, 0.2) is 4.99 Å². The van der Waals surface area contributed by atoms with Crippen LogP contribution in [-0.2, 0) is 14.3 Å². The Morgan fingerprint density at radius 3 is 2.80 bits per heavy atom. The fourth-order valence-electron chi connectivity index (χ4n) is 1.31. The molecule has 1 aliphatic heterocycles. The van der Waals surface area contributed by atoms with E-state index in [1.54, 1.807) is 6.92 Å². The maximum Gasteiger partial charge on any atom is 0.349 e. The molecule has 0 aromatic rings. The average molecular weight is 231 g/mol. The Morgan fingerprint density at radius 2 is 2.27 bits per heavy atom. The molecule has 1 atom stereocenters. The molecule has 1 rings (SSSR count). The molecule has 0 aromatic carbocycles. The highest BCUT2D eigenvalue weighted by Gasteiger charge is 2.44. The number of carbonyl (C=O) groups is 1. The molecule has 1 unspecified atom stereocenters. The summed E-state index contributed by atoms with van der Waals surface area (Å²) in [4.78, 5) is 15.9. The molecule has 0 aromatic heterocycles. The van der Waals surface area contributed by atoms with E-state index in [1.807, 2.05) is 20.8 Å². The van der Waals surface area contributed by atoms with Crippen molar-refractivity contribution in [1.82, 2.24) is 0 Å². The third-order valence-electron chi connectivity index (χ3n) is 2.01. The molecule has 0 fully saturated rings. The van der Waals surface area contributed by atoms with Gasteiger partial charge >= 0.3 is 5.97 Å². The quantitative estimate of drug-likeness (QED) is 0.695. The third-order valence-corrected chi connectivity index (χ3v) is 2.73. The maximum atomic E-state index is 11.6. The molecular weight excluding hydrogens is 214 g/mol. The third kappa shape index (κ3) is 2.87. The normalized spacial score (nSPS) is 23.2. The fraction of sp³-hybridized carbons (Fsp3) is 0.800.